The van der Waals surface area contributed by atoms with Crippen LogP contribution in [0.1, 0.15) is 19.0 Å². The number of aromatic amines is 1. The first-order chi connectivity index (χ1) is 13.4. The fourth-order valence-corrected chi connectivity index (χ4v) is 2.86. The second-order valence-corrected chi connectivity index (χ2v) is 6.89. The summed E-state index contributed by atoms with van der Waals surface area (Å²) < 4.78 is 29.9. The van der Waals surface area contributed by atoms with Crippen LogP contribution in [0.3, 0.4) is 0 Å². The van der Waals surface area contributed by atoms with Gasteiger partial charge in [-0.1, -0.05) is 0 Å². The standard InChI is InChI=1S/C19H20FN5O3/c1-19(21)9-27-17(28-10-19)16-24-14(11-3-5-12(20)6-4-11)15(25-16)13-7-8-22-18(23-13)26-2/h3-8,17H,9-10,21H2,1-2H3,(H,24,25). The van der Waals surface area contributed by atoms with Crippen LogP contribution in [0.25, 0.3) is 22.6 Å². The minimum Gasteiger partial charge on any atom is -0.467 e. The second kappa shape index (κ2) is 7.27. The molecular weight excluding hydrogens is 365 g/mol. The predicted octanol–water partition coefficient (Wildman–Crippen LogP) is 2.44. The van der Waals surface area contributed by atoms with Crippen LogP contribution in [0.4, 0.5) is 4.39 Å². The number of nitrogens with one attached hydrogen (secondary N) is 1. The maximum absolute atomic E-state index is 13.4. The van der Waals surface area contributed by atoms with Crippen LogP contribution in [0.5, 0.6) is 6.01 Å². The number of aromatic nitrogens is 4. The van der Waals surface area contributed by atoms with E-state index in [1.807, 2.05) is 6.92 Å². The van der Waals surface area contributed by atoms with Crippen molar-refractivity contribution in [3.05, 3.63) is 48.2 Å². The molecule has 0 spiro atoms. The van der Waals surface area contributed by atoms with Gasteiger partial charge in [0.05, 0.1) is 42.9 Å². The van der Waals surface area contributed by atoms with Gasteiger partial charge in [0.2, 0.25) is 6.29 Å². The quantitative estimate of drug-likeness (QED) is 0.710. The smallest absolute Gasteiger partial charge is 0.316 e. The summed E-state index contributed by atoms with van der Waals surface area (Å²) >= 11 is 0. The molecule has 28 heavy (non-hydrogen) atoms. The highest BCUT2D eigenvalue weighted by Gasteiger charge is 2.32. The summed E-state index contributed by atoms with van der Waals surface area (Å²) in [6.07, 6.45) is 0.900. The highest BCUT2D eigenvalue weighted by atomic mass is 19.1. The van der Waals surface area contributed by atoms with Crippen molar-refractivity contribution in [2.45, 2.75) is 18.8 Å². The zero-order valence-corrected chi connectivity index (χ0v) is 15.5. The molecule has 1 fully saturated rings. The third-order valence-corrected chi connectivity index (χ3v) is 4.26. The first-order valence-electron chi connectivity index (χ1n) is 8.70. The van der Waals surface area contributed by atoms with E-state index in [1.165, 1.54) is 19.2 Å². The van der Waals surface area contributed by atoms with Crippen LogP contribution in [0.15, 0.2) is 36.5 Å². The zero-order chi connectivity index (χ0) is 19.7. The summed E-state index contributed by atoms with van der Waals surface area (Å²) in [5.74, 6) is 0.147. The summed E-state index contributed by atoms with van der Waals surface area (Å²) in [5.41, 5.74) is 7.98. The molecule has 0 amide bonds. The first kappa shape index (κ1) is 18.5. The van der Waals surface area contributed by atoms with Gasteiger partial charge in [-0.2, -0.15) is 4.98 Å². The van der Waals surface area contributed by atoms with Crippen LogP contribution in [0.2, 0.25) is 0 Å². The molecule has 8 nitrogen and oxygen atoms in total. The minimum atomic E-state index is -0.687. The molecule has 0 radical (unpaired) electrons. The largest absolute Gasteiger partial charge is 0.467 e. The van der Waals surface area contributed by atoms with Gasteiger partial charge in [-0.05, 0) is 37.3 Å². The van der Waals surface area contributed by atoms with Crippen molar-refractivity contribution in [3.63, 3.8) is 0 Å². The van der Waals surface area contributed by atoms with Crippen molar-refractivity contribution in [1.29, 1.82) is 0 Å². The number of nitrogens with zero attached hydrogens (tertiary/aromatic N) is 3. The molecule has 1 aliphatic heterocycles. The molecular formula is C19H20FN5O3. The SMILES string of the molecule is COc1nccc(-c2[nH]c(C3OCC(C)(N)CO3)nc2-c2ccc(F)cc2)n1. The van der Waals surface area contributed by atoms with Crippen LogP contribution in [-0.4, -0.2) is 45.8 Å². The van der Waals surface area contributed by atoms with E-state index in [1.54, 1.807) is 24.4 Å². The van der Waals surface area contributed by atoms with Gasteiger partial charge in [-0.15, -0.1) is 0 Å². The van der Waals surface area contributed by atoms with Gasteiger partial charge in [-0.3, -0.25) is 0 Å². The van der Waals surface area contributed by atoms with E-state index in [9.17, 15) is 4.39 Å². The number of hydrogen-bond donors (Lipinski definition) is 2. The number of benzene rings is 1. The van der Waals surface area contributed by atoms with Gasteiger partial charge in [0.25, 0.3) is 0 Å². The van der Waals surface area contributed by atoms with Gasteiger partial charge in [0.15, 0.2) is 5.82 Å². The van der Waals surface area contributed by atoms with E-state index in [4.69, 9.17) is 19.9 Å². The molecule has 4 rings (SSSR count). The summed E-state index contributed by atoms with van der Waals surface area (Å²) in [7, 11) is 1.49. The maximum Gasteiger partial charge on any atom is 0.316 e. The van der Waals surface area contributed by atoms with Gasteiger partial charge in [0, 0.05) is 11.8 Å². The lowest BCUT2D eigenvalue weighted by Gasteiger charge is -2.33. The molecule has 0 saturated carbocycles. The number of methoxy groups -OCH3 is 1. The molecule has 3 N–H and O–H groups in total. The Labute approximate surface area is 160 Å². The summed E-state index contributed by atoms with van der Waals surface area (Å²) in [4.78, 5) is 16.3. The van der Waals surface area contributed by atoms with E-state index in [2.05, 4.69) is 19.9 Å². The van der Waals surface area contributed by atoms with E-state index in [0.717, 1.165) is 5.56 Å². The Morgan fingerprint density at radius 2 is 1.89 bits per heavy atom. The monoisotopic (exact) mass is 385 g/mol. The number of ether oxygens (including phenoxy) is 3. The Hall–Kier alpha value is -2.88. The van der Waals surface area contributed by atoms with Crippen LogP contribution in [0, 0.1) is 5.82 Å². The van der Waals surface area contributed by atoms with Gasteiger partial charge < -0.3 is 24.9 Å². The van der Waals surface area contributed by atoms with Gasteiger partial charge in [0.1, 0.15) is 5.82 Å². The summed E-state index contributed by atoms with van der Waals surface area (Å²) in [5, 5.41) is 0. The van der Waals surface area contributed by atoms with Crippen molar-refractivity contribution in [3.8, 4) is 28.7 Å². The predicted molar refractivity (Wildman–Crippen MR) is 98.8 cm³/mol. The third-order valence-electron chi connectivity index (χ3n) is 4.26. The Morgan fingerprint density at radius 1 is 1.18 bits per heavy atom. The molecule has 1 aromatic carbocycles. The maximum atomic E-state index is 13.4. The lowest BCUT2D eigenvalue weighted by atomic mass is 10.1. The zero-order valence-electron chi connectivity index (χ0n) is 15.5. The van der Waals surface area contributed by atoms with E-state index < -0.39 is 11.8 Å². The highest BCUT2D eigenvalue weighted by molar-refractivity contribution is 5.76. The summed E-state index contributed by atoms with van der Waals surface area (Å²) in [6, 6.07) is 8.01. The average Bonchev–Trinajstić information content (AvgIpc) is 3.14. The minimum absolute atomic E-state index is 0.225. The Morgan fingerprint density at radius 3 is 2.57 bits per heavy atom. The number of rotatable bonds is 4. The van der Waals surface area contributed by atoms with Crippen LogP contribution >= 0.6 is 0 Å². The topological polar surface area (TPSA) is 108 Å². The molecule has 9 heteroatoms. The number of imidazole rings is 1. The van der Waals surface area contributed by atoms with E-state index in [-0.39, 0.29) is 11.8 Å². The average molecular weight is 385 g/mol. The van der Waals surface area contributed by atoms with Crippen LogP contribution < -0.4 is 10.5 Å². The highest BCUT2D eigenvalue weighted by Crippen LogP contribution is 2.33. The van der Waals surface area contributed by atoms with E-state index in [0.29, 0.717) is 36.1 Å². The Balaban J connectivity index is 1.76. The molecule has 3 heterocycles. The molecule has 3 aromatic rings. The van der Waals surface area contributed by atoms with Gasteiger partial charge in [-0.25, -0.2) is 14.4 Å². The molecule has 1 aliphatic rings. The molecule has 0 unspecified atom stereocenters. The molecule has 2 aromatic heterocycles. The second-order valence-electron chi connectivity index (χ2n) is 6.89. The molecule has 1 saturated heterocycles. The summed E-state index contributed by atoms with van der Waals surface area (Å²) in [6.45, 7) is 2.52. The number of nitrogens with two attached hydrogens (primary N) is 1. The van der Waals surface area contributed by atoms with Crippen molar-refractivity contribution in [1.82, 2.24) is 19.9 Å². The Kier molecular flexibility index (Phi) is 4.80. The molecule has 0 aliphatic carbocycles. The molecule has 0 atom stereocenters. The van der Waals surface area contributed by atoms with Crippen LogP contribution in [-0.2, 0) is 9.47 Å². The van der Waals surface area contributed by atoms with Crippen molar-refractivity contribution < 1.29 is 18.6 Å². The van der Waals surface area contributed by atoms with Gasteiger partial charge >= 0.3 is 6.01 Å². The molecule has 0 bridgehead atoms. The lowest BCUT2D eigenvalue weighted by molar-refractivity contribution is -0.211. The first-order valence-corrected chi connectivity index (χ1v) is 8.70. The van der Waals surface area contributed by atoms with Crippen molar-refractivity contribution >= 4 is 0 Å². The van der Waals surface area contributed by atoms with Crippen molar-refractivity contribution in [2.75, 3.05) is 20.3 Å². The lowest BCUT2D eigenvalue weighted by Crippen LogP contribution is -2.50. The fourth-order valence-electron chi connectivity index (χ4n) is 2.86. The number of halogens is 1. The molecule has 146 valence electrons. The van der Waals surface area contributed by atoms with E-state index >= 15 is 0 Å². The van der Waals surface area contributed by atoms with Crippen molar-refractivity contribution in [2.24, 2.45) is 5.73 Å². The normalized spacial score (nSPS) is 22.2. The number of hydrogen-bond acceptors (Lipinski definition) is 7. The Bertz CT molecular complexity index is 964. The fraction of sp³-hybridized carbons (Fsp3) is 0.316. The number of H-pyrrole nitrogens is 1. The third kappa shape index (κ3) is 3.72.